The summed E-state index contributed by atoms with van der Waals surface area (Å²) in [5.74, 6) is 0.176. The molecule has 0 unspecified atom stereocenters. The van der Waals surface area contributed by atoms with Crippen LogP contribution in [0, 0.1) is 11.8 Å². The van der Waals surface area contributed by atoms with E-state index in [0.29, 0.717) is 62.5 Å². The van der Waals surface area contributed by atoms with Crippen LogP contribution in [0.2, 0.25) is 5.02 Å². The molecule has 0 aromatic heterocycles. The van der Waals surface area contributed by atoms with Crippen molar-refractivity contribution in [2.75, 3.05) is 50.9 Å². The highest BCUT2D eigenvalue weighted by molar-refractivity contribution is 7.90. The lowest BCUT2D eigenvalue weighted by Gasteiger charge is -2.46. The Hall–Kier alpha value is -3.32. The van der Waals surface area contributed by atoms with Gasteiger partial charge in [-0.3, -0.25) is 9.69 Å². The Balaban J connectivity index is 1.27. The third kappa shape index (κ3) is 7.41. The summed E-state index contributed by atoms with van der Waals surface area (Å²) in [7, 11) is -4.22. The molecule has 4 atom stereocenters. The fraction of sp³-hybridized carbons (Fsp3) is 0.590. The molecule has 2 bridgehead atoms. The molecule has 7 rings (SSSR count). The number of likely N-dealkylation sites (N-methyl/N-ethyl adjacent to an activating group) is 1. The summed E-state index contributed by atoms with van der Waals surface area (Å²) in [6, 6.07) is 11.0. The minimum atomic E-state index is -4.22. The van der Waals surface area contributed by atoms with Crippen molar-refractivity contribution in [3.8, 4) is 5.75 Å². The van der Waals surface area contributed by atoms with Gasteiger partial charge in [-0.15, -0.1) is 0 Å². The second-order valence-corrected chi connectivity index (χ2v) is 17.7. The van der Waals surface area contributed by atoms with Crippen LogP contribution in [0.3, 0.4) is 0 Å². The van der Waals surface area contributed by atoms with Crippen molar-refractivity contribution in [2.45, 2.75) is 93.7 Å². The summed E-state index contributed by atoms with van der Waals surface area (Å²) in [6.07, 6.45) is 9.12. The van der Waals surface area contributed by atoms with E-state index in [1.165, 1.54) is 17.2 Å². The molecule has 3 heterocycles. The normalized spacial score (nSPS) is 29.7. The number of fused-ring (bicyclic) bond motifs is 4. The zero-order valence-corrected chi connectivity index (χ0v) is 31.9. The molecular weight excluding hydrogens is 704 g/mol. The molecule has 11 nitrogen and oxygen atoms in total. The monoisotopic (exact) mass is 754 g/mol. The van der Waals surface area contributed by atoms with E-state index < -0.39 is 33.7 Å². The minimum Gasteiger partial charge on any atom is -0.490 e. The van der Waals surface area contributed by atoms with Crippen molar-refractivity contribution in [2.24, 2.45) is 11.8 Å². The second-order valence-electron chi connectivity index (χ2n) is 15.6. The summed E-state index contributed by atoms with van der Waals surface area (Å²) in [5.41, 5.74) is 1.59. The number of sulfonamides is 1. The van der Waals surface area contributed by atoms with E-state index in [-0.39, 0.29) is 28.2 Å². The third-order valence-corrected chi connectivity index (χ3v) is 13.6. The van der Waals surface area contributed by atoms with E-state index >= 15 is 0 Å². The minimum absolute atomic E-state index is 0.00182. The molecule has 52 heavy (non-hydrogen) atoms. The molecule has 13 heteroatoms. The van der Waals surface area contributed by atoms with Crippen LogP contribution in [0.4, 0.5) is 10.5 Å². The quantitative estimate of drug-likeness (QED) is 0.386. The predicted molar refractivity (Wildman–Crippen MR) is 199 cm³/mol. The number of halogens is 1. The Morgan fingerprint density at radius 1 is 1.12 bits per heavy atom. The molecule has 282 valence electrons. The predicted octanol–water partition coefficient (Wildman–Crippen LogP) is 5.59. The highest BCUT2D eigenvalue weighted by Crippen LogP contribution is 2.47. The van der Waals surface area contributed by atoms with Gasteiger partial charge >= 0.3 is 6.09 Å². The number of benzene rings is 2. The van der Waals surface area contributed by atoms with Crippen LogP contribution in [0.1, 0.15) is 70.4 Å². The van der Waals surface area contributed by atoms with Crippen molar-refractivity contribution in [3.05, 3.63) is 64.7 Å². The van der Waals surface area contributed by atoms with E-state index in [9.17, 15) is 18.0 Å². The average molecular weight is 755 g/mol. The molecule has 2 fully saturated rings. The second kappa shape index (κ2) is 14.8. The Kier molecular flexibility index (Phi) is 10.6. The molecule has 1 spiro atoms. The van der Waals surface area contributed by atoms with Gasteiger partial charge in [0.1, 0.15) is 11.9 Å². The van der Waals surface area contributed by atoms with Crippen LogP contribution in [0.5, 0.6) is 5.75 Å². The number of aryl methyl sites for hydroxylation is 1. The maximum atomic E-state index is 13.9. The smallest absolute Gasteiger partial charge is 0.407 e. The standard InChI is InChI=1S/C39H51ClN4O7S/c1-4-44-18-6-8-34(51-37(46)41-29-15-19-49-20-16-29)31-12-9-27(31)23-43-24-39(17-5-7-26-21-28(40)10-13-32(26)39)25-50-35-14-11-30(22-33(35)43)52(47,48)42-36(45)38(44,2)3/h6,8,10-11,13-14,21-22,27,29,31,34H,4-5,7,9,12,15-20,23-25H2,1-3H3,(H,41,46)(H,42,45)/b8-6-/t27-,31+,34-,39-/m0/s1. The van der Waals surface area contributed by atoms with Crippen LogP contribution >= 0.6 is 11.6 Å². The molecule has 2 aliphatic carbocycles. The Bertz CT molecular complexity index is 1810. The van der Waals surface area contributed by atoms with Crippen LogP contribution in [0.25, 0.3) is 0 Å². The zero-order valence-electron chi connectivity index (χ0n) is 30.4. The molecule has 3 aliphatic heterocycles. The van der Waals surface area contributed by atoms with Gasteiger partial charge in [0.15, 0.2) is 0 Å². The highest BCUT2D eigenvalue weighted by Gasteiger charge is 2.45. The summed E-state index contributed by atoms with van der Waals surface area (Å²) < 4.78 is 48.4. The Morgan fingerprint density at radius 2 is 1.92 bits per heavy atom. The molecule has 1 saturated heterocycles. The van der Waals surface area contributed by atoms with Gasteiger partial charge in [0.2, 0.25) is 0 Å². The third-order valence-electron chi connectivity index (χ3n) is 12.1. The van der Waals surface area contributed by atoms with Crippen molar-refractivity contribution in [1.82, 2.24) is 14.9 Å². The zero-order chi connectivity index (χ0) is 36.7. The van der Waals surface area contributed by atoms with Gasteiger partial charge in [0, 0.05) is 55.2 Å². The summed E-state index contributed by atoms with van der Waals surface area (Å²) in [4.78, 5) is 31.3. The SMILES string of the molecule is CCN1C/C=C\[C@H](OC(=O)NC2CCOCC2)[C@@H]2CC[C@H]2CN2C[C@@]3(CCCc4cc(Cl)ccc43)COc3ccc(cc32)S(=O)(=O)NC(=O)C1(C)C. The van der Waals surface area contributed by atoms with Crippen molar-refractivity contribution in [1.29, 1.82) is 0 Å². The van der Waals surface area contributed by atoms with Gasteiger partial charge in [-0.25, -0.2) is 17.9 Å². The van der Waals surface area contributed by atoms with Crippen LogP contribution in [-0.4, -0.2) is 89.0 Å². The van der Waals surface area contributed by atoms with Gasteiger partial charge in [0.25, 0.3) is 15.9 Å². The molecule has 1 saturated carbocycles. The molecule has 5 aliphatic rings. The number of nitrogens with one attached hydrogen (secondary N) is 2. The Labute approximate surface area is 312 Å². The van der Waals surface area contributed by atoms with Crippen molar-refractivity contribution < 1.29 is 32.2 Å². The number of rotatable bonds is 3. The molecule has 2 N–H and O–H groups in total. The number of anilines is 1. The number of alkyl carbamates (subject to hydrolysis) is 1. The maximum absolute atomic E-state index is 13.9. The fourth-order valence-electron chi connectivity index (χ4n) is 8.76. The van der Waals surface area contributed by atoms with E-state index in [0.717, 1.165) is 44.9 Å². The first-order chi connectivity index (χ1) is 24.9. The molecule has 2 aromatic rings. The Morgan fingerprint density at radius 3 is 2.67 bits per heavy atom. The van der Waals surface area contributed by atoms with E-state index in [1.54, 1.807) is 26.0 Å². The largest absolute Gasteiger partial charge is 0.490 e. The number of amides is 2. The van der Waals surface area contributed by atoms with Gasteiger partial charge in [-0.1, -0.05) is 30.7 Å². The van der Waals surface area contributed by atoms with Crippen LogP contribution < -0.4 is 19.7 Å². The molecule has 2 aromatic carbocycles. The summed E-state index contributed by atoms with van der Waals surface area (Å²) in [6.45, 7) is 9.11. The average Bonchev–Trinajstić information content (AvgIpc) is 3.25. The number of hydrogen-bond donors (Lipinski definition) is 2. The summed E-state index contributed by atoms with van der Waals surface area (Å²) in [5, 5.41) is 3.77. The van der Waals surface area contributed by atoms with E-state index in [4.69, 9.17) is 25.8 Å². The number of hydrogen-bond acceptors (Lipinski definition) is 9. The number of carbonyl (C=O) groups excluding carboxylic acids is 2. The van der Waals surface area contributed by atoms with E-state index in [1.807, 2.05) is 30.0 Å². The van der Waals surface area contributed by atoms with Gasteiger partial charge in [0.05, 0.1) is 22.7 Å². The first kappa shape index (κ1) is 37.0. The number of nitrogens with zero attached hydrogens (tertiary/aromatic N) is 2. The lowest BCUT2D eigenvalue weighted by atomic mass is 9.68. The van der Waals surface area contributed by atoms with Crippen molar-refractivity contribution >= 4 is 39.3 Å². The number of ether oxygens (including phenoxy) is 3. The molecule has 0 radical (unpaired) electrons. The lowest BCUT2D eigenvalue weighted by molar-refractivity contribution is -0.129. The summed E-state index contributed by atoms with van der Waals surface area (Å²) >= 11 is 6.46. The van der Waals surface area contributed by atoms with Crippen molar-refractivity contribution in [3.63, 3.8) is 0 Å². The molecule has 2 amide bonds. The highest BCUT2D eigenvalue weighted by atomic mass is 35.5. The molecular formula is C39H51ClN4O7S. The van der Waals surface area contributed by atoms with Gasteiger partial charge in [-0.05, 0) is 119 Å². The van der Waals surface area contributed by atoms with E-state index in [2.05, 4.69) is 27.1 Å². The van der Waals surface area contributed by atoms with Gasteiger partial charge in [-0.2, -0.15) is 0 Å². The topological polar surface area (TPSA) is 127 Å². The lowest BCUT2D eigenvalue weighted by Crippen LogP contribution is -2.56. The van der Waals surface area contributed by atoms with Crippen LogP contribution in [0.15, 0.2) is 53.4 Å². The number of carbonyl (C=O) groups is 2. The fourth-order valence-corrected chi connectivity index (χ4v) is 10.1. The maximum Gasteiger partial charge on any atom is 0.407 e. The first-order valence-corrected chi connectivity index (χ1v) is 20.6. The first-order valence-electron chi connectivity index (χ1n) is 18.7. The van der Waals surface area contributed by atoms with Gasteiger partial charge < -0.3 is 24.4 Å². The van der Waals surface area contributed by atoms with Crippen LogP contribution in [-0.2, 0) is 36.1 Å².